The minimum absolute atomic E-state index is 0.650. The lowest BCUT2D eigenvalue weighted by Gasteiger charge is -2.15. The molecule has 0 saturated carbocycles. The van der Waals surface area contributed by atoms with Gasteiger partial charge in [0, 0.05) is 60.5 Å². The van der Waals surface area contributed by atoms with Crippen LogP contribution in [0, 0.1) is 0 Å². The number of fused-ring (bicyclic) bond motifs is 36. The van der Waals surface area contributed by atoms with Crippen molar-refractivity contribution in [1.29, 1.82) is 0 Å². The second-order valence-corrected chi connectivity index (χ2v) is 37.4. The minimum Gasteiger partial charge on any atom is -0.455 e. The molecule has 0 amide bonds. The van der Waals surface area contributed by atoms with Crippen LogP contribution in [0.4, 0.5) is 0 Å². The third-order valence-electron chi connectivity index (χ3n) is 29.6. The molecule has 31 rings (SSSR count). The van der Waals surface area contributed by atoms with Crippen LogP contribution in [-0.2, 0) is 0 Å². The third-order valence-corrected chi connectivity index (χ3v) is 29.6. The number of rotatable bonds is 7. The molecule has 26 aromatic carbocycles. The molecule has 0 N–H and O–H groups in total. The number of hydrogen-bond acceptors (Lipinski definition) is 8. The Labute approximate surface area is 820 Å². The van der Waals surface area contributed by atoms with Crippen LogP contribution in [0.5, 0.6) is 0 Å². The van der Waals surface area contributed by atoms with Crippen LogP contribution in [0.25, 0.3) is 307 Å². The van der Waals surface area contributed by atoms with E-state index in [4.69, 9.17) is 39.3 Å². The largest absolute Gasteiger partial charge is 0.455 e. The summed E-state index contributed by atoms with van der Waals surface area (Å²) in [6, 6.07) is 171. The number of benzene rings is 26. The molecule has 8 nitrogen and oxygen atoms in total. The van der Waals surface area contributed by atoms with Crippen LogP contribution < -0.4 is 0 Å². The van der Waals surface area contributed by atoms with Crippen molar-refractivity contribution in [3.8, 4) is 113 Å². The molecule has 30 aromatic rings. The van der Waals surface area contributed by atoms with E-state index in [1.54, 1.807) is 0 Å². The third kappa shape index (κ3) is 13.3. The zero-order chi connectivity index (χ0) is 93.8. The fourth-order valence-corrected chi connectivity index (χ4v) is 22.9. The Kier molecular flexibility index (Phi) is 18.6. The van der Waals surface area contributed by atoms with Crippen LogP contribution >= 0.6 is 0 Å². The lowest BCUT2D eigenvalue weighted by Crippen LogP contribution is -2.01. The SMILES string of the molecule is c1ccc(-c2nc(-c3ccc4ccc5c6ccccc6ccc5c4c3)nc(-c3ccc4c5c(cccc35)-c3ccccc3-c3ccccc3-4)n2)cc1.c1ccc(-c2nc(-c3ccc4ccc5c6ccccc6ccc5c4c3)nc(-c3ccc4c5ccccc5c5ccccc5c4c3)n2)cc1.c1ccc2c(c1)ccc1c3cc(-c4nc5c6ccccc6c6c7ccccc7oc6c5c5ccccc45)ccc3ccc21. The van der Waals surface area contributed by atoms with Crippen molar-refractivity contribution in [1.82, 2.24) is 34.9 Å². The highest BCUT2D eigenvalue weighted by atomic mass is 16.3. The monoisotopic (exact) mass is 1810 g/mol. The second-order valence-electron chi connectivity index (χ2n) is 37.4. The molecule has 0 radical (unpaired) electrons. The van der Waals surface area contributed by atoms with E-state index in [1.807, 2.05) is 42.5 Å². The van der Waals surface area contributed by atoms with Gasteiger partial charge in [-0.2, -0.15) is 0 Å². The Hall–Kier alpha value is -19.2. The molecule has 0 unspecified atom stereocenters. The highest BCUT2D eigenvalue weighted by molar-refractivity contribution is 6.35. The van der Waals surface area contributed by atoms with E-state index in [1.165, 1.54) is 173 Å². The molecule has 660 valence electrons. The summed E-state index contributed by atoms with van der Waals surface area (Å²) in [6.07, 6.45) is 0. The highest BCUT2D eigenvalue weighted by Gasteiger charge is 2.28. The molecule has 1 aliphatic carbocycles. The number of furan rings is 1. The molecular formula is C135H79N7O. The van der Waals surface area contributed by atoms with Crippen LogP contribution in [0.1, 0.15) is 0 Å². The van der Waals surface area contributed by atoms with Gasteiger partial charge in [0.1, 0.15) is 11.2 Å². The van der Waals surface area contributed by atoms with Crippen LogP contribution in [0.15, 0.2) is 484 Å². The van der Waals surface area contributed by atoms with Gasteiger partial charge in [0.15, 0.2) is 34.9 Å². The maximum Gasteiger partial charge on any atom is 0.164 e. The molecule has 0 fully saturated rings. The molecular weight excluding hydrogens is 1740 g/mol. The van der Waals surface area contributed by atoms with Gasteiger partial charge in [-0.25, -0.2) is 34.9 Å². The number of aromatic nitrogens is 7. The van der Waals surface area contributed by atoms with E-state index in [0.29, 0.717) is 34.9 Å². The van der Waals surface area contributed by atoms with E-state index >= 15 is 0 Å². The standard InChI is InChI=1S/C49H29N3.C45H27N3.C41H23NO/c1-2-12-32(13-3-1)47-50-48(33-22-21-31-24-25-39-34-14-5-4-11-30(34)23-26-40(39)45(31)29-33)52-49(51-47)44-28-27-43-38-18-9-7-16-36(38)35-15-6-8-17-37(35)41-19-10-20-42(44)46(41)43;1-2-11-30(12-3-1)43-46-44(31-19-18-29-21-23-38-33-13-5-4-10-28(33)20-24-39(38)41(29)26-31)48-45(47-43)32-22-25-40-36-16-7-6-14-34(36)35-15-8-9-17-37(35)42(40)27-32;1-2-10-27-24(9-1)19-22-29-28(27)21-20-25-17-18-26(23-35(25)29)39-32-13-5-4-12-31(32)38-40(42-39)33-14-6-3-11-30(33)37-34-15-7-8-16-36(34)43-41(37)38/h1-29H;1-27H;1-23H. The first-order chi connectivity index (χ1) is 70.9. The fourth-order valence-electron chi connectivity index (χ4n) is 22.9. The Morgan fingerprint density at radius 2 is 0.420 bits per heavy atom. The summed E-state index contributed by atoms with van der Waals surface area (Å²) >= 11 is 0. The van der Waals surface area contributed by atoms with Crippen molar-refractivity contribution in [2.24, 2.45) is 0 Å². The average molecular weight is 1820 g/mol. The molecule has 4 aromatic heterocycles. The van der Waals surface area contributed by atoms with Gasteiger partial charge in [0.05, 0.1) is 16.6 Å². The highest BCUT2D eigenvalue weighted by Crippen LogP contribution is 2.52. The average Bonchev–Trinajstić information content (AvgIpc) is 1.54. The first kappa shape index (κ1) is 81.1. The van der Waals surface area contributed by atoms with Crippen LogP contribution in [0.2, 0.25) is 0 Å². The summed E-state index contributed by atoms with van der Waals surface area (Å²) in [4.78, 5) is 36.4. The van der Waals surface area contributed by atoms with Crippen LogP contribution in [0.3, 0.4) is 0 Å². The zero-order valence-electron chi connectivity index (χ0n) is 77.1. The molecule has 0 spiro atoms. The van der Waals surface area contributed by atoms with Crippen LogP contribution in [-0.4, -0.2) is 34.9 Å². The summed E-state index contributed by atoms with van der Waals surface area (Å²) in [5, 5.41) is 39.9. The first-order valence-corrected chi connectivity index (χ1v) is 48.7. The Morgan fingerprint density at radius 1 is 0.133 bits per heavy atom. The Balaban J connectivity index is 0.000000103. The van der Waals surface area contributed by atoms with Gasteiger partial charge in [0.2, 0.25) is 0 Å². The summed E-state index contributed by atoms with van der Waals surface area (Å²) in [5.74, 6) is 3.92. The number of para-hydroxylation sites is 1. The van der Waals surface area contributed by atoms with Gasteiger partial charge in [-0.15, -0.1) is 0 Å². The maximum absolute atomic E-state index is 6.63. The van der Waals surface area contributed by atoms with Gasteiger partial charge >= 0.3 is 0 Å². The summed E-state index contributed by atoms with van der Waals surface area (Å²) in [7, 11) is 0. The lowest BCUT2D eigenvalue weighted by atomic mass is 9.91. The molecule has 0 bridgehead atoms. The number of pyridine rings is 1. The smallest absolute Gasteiger partial charge is 0.164 e. The topological polar surface area (TPSA) is 103 Å². The van der Waals surface area contributed by atoms with Crippen molar-refractivity contribution in [3.63, 3.8) is 0 Å². The summed E-state index contributed by atoms with van der Waals surface area (Å²) in [5.41, 5.74) is 18.0. The van der Waals surface area contributed by atoms with Gasteiger partial charge in [0.25, 0.3) is 0 Å². The van der Waals surface area contributed by atoms with Crippen molar-refractivity contribution in [2.45, 2.75) is 0 Å². The van der Waals surface area contributed by atoms with E-state index in [0.717, 1.165) is 99.0 Å². The zero-order valence-corrected chi connectivity index (χ0v) is 77.1. The normalized spacial score (nSPS) is 11.9. The number of hydrogen-bond donors (Lipinski definition) is 0. The van der Waals surface area contributed by atoms with Crippen molar-refractivity contribution in [2.75, 3.05) is 0 Å². The molecule has 0 saturated heterocycles. The van der Waals surface area contributed by atoms with Gasteiger partial charge in [-0.3, -0.25) is 0 Å². The van der Waals surface area contributed by atoms with Gasteiger partial charge < -0.3 is 4.42 Å². The fraction of sp³-hybridized carbons (Fsp3) is 0. The quantitative estimate of drug-likeness (QED) is 0.145. The predicted molar refractivity (Wildman–Crippen MR) is 599 cm³/mol. The second kappa shape index (κ2) is 32.8. The van der Waals surface area contributed by atoms with Crippen molar-refractivity contribution < 1.29 is 4.42 Å². The lowest BCUT2D eigenvalue weighted by molar-refractivity contribution is 0.673. The van der Waals surface area contributed by atoms with E-state index in [2.05, 4.69) is 437 Å². The minimum atomic E-state index is 0.650. The van der Waals surface area contributed by atoms with E-state index in [-0.39, 0.29) is 0 Å². The van der Waals surface area contributed by atoms with Crippen molar-refractivity contribution in [3.05, 3.63) is 479 Å². The molecule has 143 heavy (non-hydrogen) atoms. The molecule has 0 aliphatic heterocycles. The Bertz CT molecular complexity index is 10600. The molecule has 1 aliphatic rings. The molecule has 0 atom stereocenters. The van der Waals surface area contributed by atoms with E-state index in [9.17, 15) is 0 Å². The van der Waals surface area contributed by atoms with E-state index < -0.39 is 0 Å². The molecule has 4 heterocycles. The molecule has 8 heteroatoms. The van der Waals surface area contributed by atoms with Gasteiger partial charge in [-0.05, 0) is 221 Å². The summed E-state index contributed by atoms with van der Waals surface area (Å²) < 4.78 is 6.63. The van der Waals surface area contributed by atoms with Crippen molar-refractivity contribution >= 4 is 194 Å². The first-order valence-electron chi connectivity index (χ1n) is 48.7. The van der Waals surface area contributed by atoms with Gasteiger partial charge in [-0.1, -0.05) is 443 Å². The Morgan fingerprint density at radius 3 is 0.902 bits per heavy atom. The number of nitrogens with zero attached hydrogens (tertiary/aromatic N) is 7. The predicted octanol–water partition coefficient (Wildman–Crippen LogP) is 36.2. The maximum atomic E-state index is 6.63. The summed E-state index contributed by atoms with van der Waals surface area (Å²) in [6.45, 7) is 0.